The van der Waals surface area contributed by atoms with E-state index in [1.165, 1.54) is 18.5 Å². The van der Waals surface area contributed by atoms with Crippen LogP contribution in [0.15, 0.2) is 83.5 Å². The highest BCUT2D eigenvalue weighted by molar-refractivity contribution is 7.84. The van der Waals surface area contributed by atoms with Gasteiger partial charge in [-0.2, -0.15) is 0 Å². The zero-order chi connectivity index (χ0) is 28.8. The smallest absolute Gasteiger partial charge is 0.141 e. The Hall–Kier alpha value is -3.79. The minimum atomic E-state index is -0.969. The molecular formula is C31H30ClFN4O3S. The molecule has 2 N–H and O–H groups in total. The molecule has 0 bridgehead atoms. The summed E-state index contributed by atoms with van der Waals surface area (Å²) in [5.74, 6) is 2.71. The van der Waals surface area contributed by atoms with Crippen LogP contribution in [0.1, 0.15) is 30.7 Å². The Morgan fingerprint density at radius 2 is 1.95 bits per heavy atom. The van der Waals surface area contributed by atoms with Gasteiger partial charge in [-0.05, 0) is 79.2 Å². The van der Waals surface area contributed by atoms with Crippen LogP contribution < -0.4 is 15.4 Å². The van der Waals surface area contributed by atoms with Crippen LogP contribution in [0.25, 0.3) is 22.2 Å². The average Bonchev–Trinajstić information content (AvgIpc) is 3.45. The van der Waals surface area contributed by atoms with Crippen LogP contribution in [0, 0.1) is 5.82 Å². The maximum atomic E-state index is 13.5. The van der Waals surface area contributed by atoms with Crippen molar-refractivity contribution < 1.29 is 17.8 Å². The lowest BCUT2D eigenvalue weighted by atomic mass is 10.1. The Labute approximate surface area is 245 Å². The van der Waals surface area contributed by atoms with Gasteiger partial charge < -0.3 is 19.8 Å². The monoisotopic (exact) mass is 592 g/mol. The first-order valence-corrected chi connectivity index (χ1v) is 15.3. The number of hydrogen-bond acceptors (Lipinski definition) is 7. The summed E-state index contributed by atoms with van der Waals surface area (Å²) in [7, 11) is -0.969. The summed E-state index contributed by atoms with van der Waals surface area (Å²) in [6.07, 6.45) is 4.17. The van der Waals surface area contributed by atoms with Crippen LogP contribution in [0.5, 0.6) is 5.75 Å². The normalized spacial score (nSPS) is 12.8. The van der Waals surface area contributed by atoms with Crippen molar-refractivity contribution in [2.24, 2.45) is 0 Å². The van der Waals surface area contributed by atoms with Crippen molar-refractivity contribution in [3.8, 4) is 17.1 Å². The molecule has 5 rings (SSSR count). The minimum absolute atomic E-state index is 0.124. The van der Waals surface area contributed by atoms with Crippen molar-refractivity contribution >= 4 is 44.8 Å². The molecule has 2 aromatic heterocycles. The van der Waals surface area contributed by atoms with Crippen LogP contribution in [-0.4, -0.2) is 32.7 Å². The fourth-order valence-electron chi connectivity index (χ4n) is 4.42. The maximum absolute atomic E-state index is 13.5. The molecule has 0 spiro atoms. The van der Waals surface area contributed by atoms with Gasteiger partial charge in [0.25, 0.3) is 0 Å². The van der Waals surface area contributed by atoms with E-state index in [1.807, 2.05) is 36.4 Å². The van der Waals surface area contributed by atoms with Gasteiger partial charge in [0.1, 0.15) is 41.8 Å². The van der Waals surface area contributed by atoms with Gasteiger partial charge in [0.05, 0.1) is 16.6 Å². The predicted octanol–water partition coefficient (Wildman–Crippen LogP) is 7.42. The third-order valence-electron chi connectivity index (χ3n) is 6.41. The molecule has 10 heteroatoms. The molecule has 0 fully saturated rings. The second kappa shape index (κ2) is 13.2. The molecule has 5 aromatic rings. The molecule has 0 saturated heterocycles. The molecule has 0 saturated carbocycles. The van der Waals surface area contributed by atoms with E-state index in [-0.39, 0.29) is 18.5 Å². The molecule has 212 valence electrons. The number of nitrogens with zero attached hydrogens (tertiary/aromatic N) is 2. The molecule has 2 heterocycles. The quantitative estimate of drug-likeness (QED) is 0.156. The molecule has 2 atom stereocenters. The zero-order valence-electron chi connectivity index (χ0n) is 22.7. The molecule has 0 aliphatic rings. The highest BCUT2D eigenvalue weighted by Crippen LogP contribution is 2.33. The van der Waals surface area contributed by atoms with Gasteiger partial charge in [-0.15, -0.1) is 0 Å². The Balaban J connectivity index is 1.35. The summed E-state index contributed by atoms with van der Waals surface area (Å²) in [6.45, 7) is 3.10. The predicted molar refractivity (Wildman–Crippen MR) is 163 cm³/mol. The minimum Gasteiger partial charge on any atom is -0.487 e. The van der Waals surface area contributed by atoms with Gasteiger partial charge in [-0.1, -0.05) is 30.7 Å². The number of hydrogen-bond donors (Lipinski definition) is 2. The standard InChI is InChI=1S/C31H30ClFN4O3S/c1-3-13-34-27(18-41(2)38)30-12-11-28(40-30)21-7-9-26-24(15-21)31(36-19-35-26)37-23-8-10-29(25(32)16-23)39-17-20-5-4-6-22(33)14-20/h4-12,14-16,19,27,34H,3,13,17-18H2,1-2H3,(H,35,36,37)/t27?,41-/m1/s1. The van der Waals surface area contributed by atoms with E-state index in [2.05, 4.69) is 27.5 Å². The first kappa shape index (κ1) is 28.7. The van der Waals surface area contributed by atoms with Crippen LogP contribution in [0.4, 0.5) is 15.9 Å². The molecular weight excluding hydrogens is 563 g/mol. The fraction of sp³-hybridized carbons (Fsp3) is 0.226. The molecule has 0 aliphatic carbocycles. The molecule has 0 amide bonds. The van der Waals surface area contributed by atoms with Gasteiger partial charge in [0.15, 0.2) is 0 Å². The number of benzene rings is 3. The van der Waals surface area contributed by atoms with Crippen LogP contribution >= 0.6 is 11.6 Å². The molecule has 7 nitrogen and oxygen atoms in total. The Morgan fingerprint density at radius 1 is 1.07 bits per heavy atom. The molecule has 0 aliphatic heterocycles. The Kier molecular flexibility index (Phi) is 9.28. The Bertz CT molecular complexity index is 1680. The first-order chi connectivity index (χ1) is 19.9. The highest BCUT2D eigenvalue weighted by atomic mass is 35.5. The molecule has 1 unspecified atom stereocenters. The Morgan fingerprint density at radius 3 is 2.73 bits per heavy atom. The van der Waals surface area contributed by atoms with Crippen LogP contribution in [0.2, 0.25) is 5.02 Å². The lowest BCUT2D eigenvalue weighted by molar-refractivity contribution is 0.306. The van der Waals surface area contributed by atoms with Crippen LogP contribution in [0.3, 0.4) is 0 Å². The van der Waals surface area contributed by atoms with Crippen molar-refractivity contribution in [1.29, 1.82) is 0 Å². The van der Waals surface area contributed by atoms with Crippen LogP contribution in [-0.2, 0) is 17.4 Å². The number of aromatic nitrogens is 2. The van der Waals surface area contributed by atoms with E-state index in [9.17, 15) is 8.60 Å². The third-order valence-corrected chi connectivity index (χ3v) is 7.51. The summed E-state index contributed by atoms with van der Waals surface area (Å²) < 4.78 is 37.4. The summed E-state index contributed by atoms with van der Waals surface area (Å²) >= 11 is 6.50. The number of anilines is 2. The number of ether oxygens (including phenoxy) is 1. The highest BCUT2D eigenvalue weighted by Gasteiger charge is 2.18. The van der Waals surface area contributed by atoms with Crippen molar-refractivity contribution in [3.63, 3.8) is 0 Å². The second-order valence-electron chi connectivity index (χ2n) is 9.59. The number of nitrogens with one attached hydrogen (secondary N) is 2. The van der Waals surface area contributed by atoms with E-state index >= 15 is 0 Å². The number of halogens is 2. The van der Waals surface area contributed by atoms with E-state index in [4.69, 9.17) is 20.8 Å². The van der Waals surface area contributed by atoms with Gasteiger partial charge in [0, 0.05) is 39.4 Å². The topological polar surface area (TPSA) is 89.3 Å². The average molecular weight is 593 g/mol. The lowest BCUT2D eigenvalue weighted by Gasteiger charge is -2.15. The summed E-state index contributed by atoms with van der Waals surface area (Å²) in [5, 5.41) is 7.97. The van der Waals surface area contributed by atoms with E-state index < -0.39 is 10.8 Å². The number of rotatable bonds is 12. The molecule has 3 aromatic carbocycles. The van der Waals surface area contributed by atoms with E-state index in [0.29, 0.717) is 33.7 Å². The van der Waals surface area contributed by atoms with Crippen molar-refractivity contribution in [3.05, 3.63) is 101 Å². The first-order valence-electron chi connectivity index (χ1n) is 13.2. The summed E-state index contributed by atoms with van der Waals surface area (Å²) in [6, 6.07) is 21.2. The van der Waals surface area contributed by atoms with Gasteiger partial charge in [-0.3, -0.25) is 4.21 Å². The summed E-state index contributed by atoms with van der Waals surface area (Å²) in [5.41, 5.74) is 3.06. The number of furan rings is 1. The molecule has 0 radical (unpaired) electrons. The van der Waals surface area contributed by atoms with Gasteiger partial charge in [-0.25, -0.2) is 14.4 Å². The van der Waals surface area contributed by atoms with Crippen molar-refractivity contribution in [1.82, 2.24) is 15.3 Å². The van der Waals surface area contributed by atoms with Crippen molar-refractivity contribution in [2.75, 3.05) is 23.9 Å². The molecule has 41 heavy (non-hydrogen) atoms. The summed E-state index contributed by atoms with van der Waals surface area (Å²) in [4.78, 5) is 8.88. The largest absolute Gasteiger partial charge is 0.487 e. The van der Waals surface area contributed by atoms with E-state index in [1.54, 1.807) is 30.5 Å². The maximum Gasteiger partial charge on any atom is 0.141 e. The lowest BCUT2D eigenvalue weighted by Crippen LogP contribution is -2.26. The van der Waals surface area contributed by atoms with Crippen molar-refractivity contribution in [2.45, 2.75) is 26.0 Å². The second-order valence-corrected chi connectivity index (χ2v) is 11.5. The SMILES string of the molecule is CCCNC(C[S@@](C)=O)c1ccc(-c2ccc3ncnc(Nc4ccc(OCc5cccc(F)c5)c(Cl)c4)c3c2)o1. The fourth-order valence-corrected chi connectivity index (χ4v) is 5.41. The van der Waals surface area contributed by atoms with Gasteiger partial charge >= 0.3 is 0 Å². The van der Waals surface area contributed by atoms with E-state index in [0.717, 1.165) is 40.9 Å². The number of fused-ring (bicyclic) bond motifs is 1. The van der Waals surface area contributed by atoms with Gasteiger partial charge in [0.2, 0.25) is 0 Å². The third kappa shape index (κ3) is 7.30. The zero-order valence-corrected chi connectivity index (χ0v) is 24.3.